The lowest BCUT2D eigenvalue weighted by molar-refractivity contribution is 0.0926. The first-order valence-electron chi connectivity index (χ1n) is 7.75. The van der Waals surface area contributed by atoms with Crippen molar-refractivity contribution in [3.05, 3.63) is 70.8 Å². The summed E-state index contributed by atoms with van der Waals surface area (Å²) in [4.78, 5) is 12.9. The van der Waals surface area contributed by atoms with Crippen LogP contribution in [0.3, 0.4) is 0 Å². The summed E-state index contributed by atoms with van der Waals surface area (Å²) in [5, 5.41) is 3.55. The molecular weight excluding hydrogens is 374 g/mol. The predicted molar refractivity (Wildman–Crippen MR) is 98.3 cm³/mol. The fourth-order valence-corrected chi connectivity index (χ4v) is 5.23. The molecular formula is C18H17NO5S2. The Balaban J connectivity index is 1.86. The van der Waals surface area contributed by atoms with Crippen molar-refractivity contribution in [2.24, 2.45) is 0 Å². The summed E-state index contributed by atoms with van der Waals surface area (Å²) in [5.74, 6) is 0.251. The van der Waals surface area contributed by atoms with Gasteiger partial charge >= 0.3 is 0 Å². The van der Waals surface area contributed by atoms with E-state index in [4.69, 9.17) is 9.15 Å². The normalized spacial score (nSPS) is 12.5. The minimum absolute atomic E-state index is 0.0611. The zero-order valence-electron chi connectivity index (χ0n) is 13.9. The Morgan fingerprint density at radius 2 is 1.96 bits per heavy atom. The van der Waals surface area contributed by atoms with Crippen LogP contribution in [0.15, 0.2) is 69.5 Å². The number of methoxy groups -OCH3 is 1. The predicted octanol–water partition coefficient (Wildman–Crippen LogP) is 3.29. The van der Waals surface area contributed by atoms with E-state index in [0.717, 1.165) is 0 Å². The molecule has 0 aliphatic rings. The zero-order chi connectivity index (χ0) is 18.6. The summed E-state index contributed by atoms with van der Waals surface area (Å²) in [6.45, 7) is -0.0611. The summed E-state index contributed by atoms with van der Waals surface area (Å²) in [6.07, 6.45) is 1.39. The van der Waals surface area contributed by atoms with Gasteiger partial charge in [0.1, 0.15) is 11.0 Å². The third kappa shape index (κ3) is 3.81. The molecule has 2 aromatic heterocycles. The van der Waals surface area contributed by atoms with Crippen molar-refractivity contribution >= 4 is 27.1 Å². The minimum Gasteiger partial charge on any atom is -0.497 e. The number of sulfone groups is 1. The first-order chi connectivity index (χ1) is 12.5. The largest absolute Gasteiger partial charge is 0.497 e. The number of hydrogen-bond donors (Lipinski definition) is 1. The first kappa shape index (κ1) is 18.2. The smallest absolute Gasteiger partial charge is 0.287 e. The van der Waals surface area contributed by atoms with Crippen LogP contribution in [0.5, 0.6) is 5.75 Å². The summed E-state index contributed by atoms with van der Waals surface area (Å²) >= 11 is 1.33. The highest BCUT2D eigenvalue weighted by molar-refractivity contribution is 7.91. The lowest BCUT2D eigenvalue weighted by Gasteiger charge is -2.17. The van der Waals surface area contributed by atoms with Gasteiger partial charge in [-0.2, -0.15) is 0 Å². The highest BCUT2D eigenvalue weighted by Gasteiger charge is 2.30. The first-order valence-corrected chi connectivity index (χ1v) is 10.2. The molecule has 136 valence electrons. The third-order valence-electron chi connectivity index (χ3n) is 3.82. The maximum absolute atomic E-state index is 13.1. The molecule has 0 fully saturated rings. The Kier molecular flexibility index (Phi) is 5.43. The molecule has 0 aliphatic heterocycles. The summed E-state index contributed by atoms with van der Waals surface area (Å²) < 4.78 is 36.4. The Morgan fingerprint density at radius 3 is 2.54 bits per heavy atom. The topological polar surface area (TPSA) is 85.6 Å². The van der Waals surface area contributed by atoms with Crippen LogP contribution in [-0.4, -0.2) is 28.0 Å². The van der Waals surface area contributed by atoms with Gasteiger partial charge < -0.3 is 14.5 Å². The number of carbonyl (C=O) groups excluding carboxylic acids is 1. The monoisotopic (exact) mass is 391 g/mol. The summed E-state index contributed by atoms with van der Waals surface area (Å²) in [7, 11) is -2.19. The molecule has 0 radical (unpaired) electrons. The molecule has 0 bridgehead atoms. The van der Waals surface area contributed by atoms with Crippen LogP contribution < -0.4 is 10.1 Å². The number of ether oxygens (including phenoxy) is 1. The van der Waals surface area contributed by atoms with Crippen molar-refractivity contribution in [2.45, 2.75) is 10.1 Å². The van der Waals surface area contributed by atoms with Crippen LogP contribution in [0.1, 0.15) is 20.7 Å². The molecule has 0 spiro atoms. The number of hydrogen-bond acceptors (Lipinski definition) is 6. The number of amides is 1. The van der Waals surface area contributed by atoms with E-state index >= 15 is 0 Å². The molecule has 26 heavy (non-hydrogen) atoms. The highest BCUT2D eigenvalue weighted by atomic mass is 32.2. The van der Waals surface area contributed by atoms with E-state index in [2.05, 4.69) is 5.32 Å². The average molecular weight is 391 g/mol. The van der Waals surface area contributed by atoms with Gasteiger partial charge in [0.2, 0.25) is 0 Å². The number of rotatable bonds is 7. The molecule has 2 heterocycles. The van der Waals surface area contributed by atoms with Gasteiger partial charge in [0.05, 0.1) is 18.3 Å². The van der Waals surface area contributed by atoms with Crippen molar-refractivity contribution in [1.82, 2.24) is 5.32 Å². The second-order valence-electron chi connectivity index (χ2n) is 5.41. The van der Waals surface area contributed by atoms with Gasteiger partial charge in [0.15, 0.2) is 15.6 Å². The van der Waals surface area contributed by atoms with Gasteiger partial charge in [0.25, 0.3) is 5.91 Å². The van der Waals surface area contributed by atoms with Crippen LogP contribution in [0.2, 0.25) is 0 Å². The number of nitrogens with one attached hydrogen (secondary N) is 1. The van der Waals surface area contributed by atoms with Crippen molar-refractivity contribution in [2.75, 3.05) is 13.7 Å². The van der Waals surface area contributed by atoms with Crippen molar-refractivity contribution in [1.29, 1.82) is 0 Å². The maximum atomic E-state index is 13.1. The molecule has 0 saturated heterocycles. The van der Waals surface area contributed by atoms with E-state index in [1.807, 2.05) is 0 Å². The van der Waals surface area contributed by atoms with Crippen LogP contribution in [0.4, 0.5) is 0 Å². The van der Waals surface area contributed by atoms with E-state index in [0.29, 0.717) is 10.6 Å². The standard InChI is InChI=1S/C18H17NO5S2/c1-23-13-6-8-14(9-7-13)26(21,22)17(16-5-3-11-25-16)12-19-18(20)15-4-2-10-24-15/h2-11,17H,12H2,1H3,(H,19,20). The van der Waals surface area contributed by atoms with Crippen molar-refractivity contribution in [3.63, 3.8) is 0 Å². The van der Waals surface area contributed by atoms with Crippen LogP contribution in [0, 0.1) is 0 Å². The minimum atomic E-state index is -3.70. The molecule has 1 aromatic carbocycles. The van der Waals surface area contributed by atoms with Gasteiger partial charge in [-0.1, -0.05) is 6.07 Å². The summed E-state index contributed by atoms with van der Waals surface area (Å²) in [5.41, 5.74) is 0. The number of carbonyl (C=O) groups is 1. The number of benzene rings is 1. The molecule has 1 atom stereocenters. The van der Waals surface area contributed by atoms with Crippen LogP contribution >= 0.6 is 11.3 Å². The second kappa shape index (κ2) is 7.76. The molecule has 1 unspecified atom stereocenters. The van der Waals surface area contributed by atoms with Gasteiger partial charge in [-0.3, -0.25) is 4.79 Å². The van der Waals surface area contributed by atoms with E-state index in [-0.39, 0.29) is 17.2 Å². The third-order valence-corrected chi connectivity index (χ3v) is 7.05. The van der Waals surface area contributed by atoms with E-state index in [9.17, 15) is 13.2 Å². The molecule has 1 amide bonds. The lowest BCUT2D eigenvalue weighted by Crippen LogP contribution is -2.31. The van der Waals surface area contributed by atoms with Gasteiger partial charge in [0, 0.05) is 11.4 Å². The van der Waals surface area contributed by atoms with E-state index in [1.165, 1.54) is 42.9 Å². The second-order valence-corrected chi connectivity index (χ2v) is 8.52. The SMILES string of the molecule is COc1ccc(S(=O)(=O)C(CNC(=O)c2ccco2)c2cccs2)cc1. The van der Waals surface area contributed by atoms with Crippen molar-refractivity contribution in [3.8, 4) is 5.75 Å². The number of furan rings is 1. The summed E-state index contributed by atoms with van der Waals surface area (Å²) in [6, 6.07) is 12.8. The lowest BCUT2D eigenvalue weighted by atomic mass is 10.3. The Morgan fingerprint density at radius 1 is 1.19 bits per heavy atom. The van der Waals surface area contributed by atoms with Gasteiger partial charge in [-0.25, -0.2) is 8.42 Å². The molecule has 3 aromatic rings. The van der Waals surface area contributed by atoms with Gasteiger partial charge in [-0.15, -0.1) is 11.3 Å². The fourth-order valence-electron chi connectivity index (χ4n) is 2.45. The molecule has 6 nitrogen and oxygen atoms in total. The molecule has 1 N–H and O–H groups in total. The Bertz CT molecular complexity index is 946. The van der Waals surface area contributed by atoms with E-state index in [1.54, 1.807) is 35.7 Å². The average Bonchev–Trinajstić information content (AvgIpc) is 3.35. The molecule has 8 heteroatoms. The maximum Gasteiger partial charge on any atom is 0.287 e. The van der Waals surface area contributed by atoms with E-state index < -0.39 is 21.0 Å². The Labute approximate surface area is 155 Å². The molecule has 0 aliphatic carbocycles. The van der Waals surface area contributed by atoms with Crippen molar-refractivity contribution < 1.29 is 22.4 Å². The highest BCUT2D eigenvalue weighted by Crippen LogP contribution is 2.32. The van der Waals surface area contributed by atoms with Crippen LogP contribution in [-0.2, 0) is 9.84 Å². The van der Waals surface area contributed by atoms with Gasteiger partial charge in [-0.05, 0) is 47.8 Å². The van der Waals surface area contributed by atoms with Crippen LogP contribution in [0.25, 0.3) is 0 Å². The quantitative estimate of drug-likeness (QED) is 0.668. The molecule has 0 saturated carbocycles. The zero-order valence-corrected chi connectivity index (χ0v) is 15.5. The molecule has 3 rings (SSSR count). The fraction of sp³-hybridized carbons (Fsp3) is 0.167. The Hall–Kier alpha value is -2.58. The number of thiophene rings is 1.